The van der Waals surface area contributed by atoms with Crippen molar-refractivity contribution in [1.29, 1.82) is 0 Å². The largest absolute Gasteiger partial charge is 0.457 e. The normalized spacial score (nSPS) is 10.4. The van der Waals surface area contributed by atoms with E-state index in [1.54, 1.807) is 18.2 Å². The van der Waals surface area contributed by atoms with E-state index in [9.17, 15) is 18.4 Å². The van der Waals surface area contributed by atoms with Crippen molar-refractivity contribution >= 4 is 35.0 Å². The summed E-state index contributed by atoms with van der Waals surface area (Å²) in [5, 5.41) is 0.614. The third kappa shape index (κ3) is 4.50. The zero-order valence-corrected chi connectivity index (χ0v) is 13.1. The Morgan fingerprint density at radius 1 is 1.00 bits per heavy atom. The molecular weight excluding hydrogens is 349 g/mol. The van der Waals surface area contributed by atoms with E-state index in [-0.39, 0.29) is 12.0 Å². The first-order chi connectivity index (χ1) is 10.9. The number of benzene rings is 2. The highest BCUT2D eigenvalue weighted by Crippen LogP contribution is 2.24. The quantitative estimate of drug-likeness (QED) is 0.593. The minimum atomic E-state index is -1.15. The van der Waals surface area contributed by atoms with Crippen molar-refractivity contribution in [3.8, 4) is 0 Å². The number of carbonyl (C=O) groups is 2. The van der Waals surface area contributed by atoms with Crippen LogP contribution in [0, 0.1) is 11.6 Å². The molecule has 0 bridgehead atoms. The van der Waals surface area contributed by atoms with Crippen molar-refractivity contribution in [2.24, 2.45) is 0 Å². The van der Waals surface area contributed by atoms with Gasteiger partial charge in [0.15, 0.2) is 24.0 Å². The Morgan fingerprint density at radius 2 is 1.65 bits per heavy atom. The molecule has 0 fully saturated rings. The summed E-state index contributed by atoms with van der Waals surface area (Å²) in [5.74, 6) is -3.57. The number of ketones is 1. The number of esters is 1. The van der Waals surface area contributed by atoms with Gasteiger partial charge in [-0.2, -0.15) is 0 Å². The van der Waals surface area contributed by atoms with Crippen LogP contribution in [-0.2, 0) is 16.0 Å². The van der Waals surface area contributed by atoms with Gasteiger partial charge in [0.1, 0.15) is 0 Å². The molecule has 0 aliphatic rings. The lowest BCUT2D eigenvalue weighted by Crippen LogP contribution is -2.16. The van der Waals surface area contributed by atoms with Gasteiger partial charge in [0.05, 0.1) is 6.42 Å². The van der Waals surface area contributed by atoms with Crippen LogP contribution in [0.4, 0.5) is 8.78 Å². The first kappa shape index (κ1) is 17.4. The van der Waals surface area contributed by atoms with E-state index >= 15 is 0 Å². The minimum Gasteiger partial charge on any atom is -0.457 e. The molecule has 0 atom stereocenters. The summed E-state index contributed by atoms with van der Waals surface area (Å²) in [4.78, 5) is 23.5. The molecule has 0 N–H and O–H groups in total. The molecule has 7 heteroatoms. The van der Waals surface area contributed by atoms with Crippen molar-refractivity contribution in [1.82, 2.24) is 0 Å². The third-order valence-corrected chi connectivity index (χ3v) is 3.70. The number of Topliss-reactive ketones (excluding diaryl/α,β-unsaturated/α-hetero) is 1. The molecule has 0 amide bonds. The maximum absolute atomic E-state index is 13.1. The van der Waals surface area contributed by atoms with E-state index in [1.165, 1.54) is 0 Å². The molecular formula is C16H10Cl2F2O3. The van der Waals surface area contributed by atoms with Crippen LogP contribution >= 0.6 is 23.2 Å². The zero-order chi connectivity index (χ0) is 17.0. The van der Waals surface area contributed by atoms with Gasteiger partial charge in [-0.25, -0.2) is 8.78 Å². The van der Waals surface area contributed by atoms with Crippen molar-refractivity contribution in [2.75, 3.05) is 6.61 Å². The average molecular weight is 359 g/mol. The van der Waals surface area contributed by atoms with E-state index in [4.69, 9.17) is 27.9 Å². The lowest BCUT2D eigenvalue weighted by atomic mass is 10.1. The van der Waals surface area contributed by atoms with Crippen molar-refractivity contribution in [2.45, 2.75) is 6.42 Å². The van der Waals surface area contributed by atoms with Gasteiger partial charge >= 0.3 is 5.97 Å². The highest BCUT2D eigenvalue weighted by atomic mass is 35.5. The van der Waals surface area contributed by atoms with Gasteiger partial charge < -0.3 is 4.74 Å². The van der Waals surface area contributed by atoms with E-state index in [1.807, 2.05) is 0 Å². The first-order valence-electron chi connectivity index (χ1n) is 6.45. The monoisotopic (exact) mass is 358 g/mol. The second kappa shape index (κ2) is 7.53. The Labute approximate surface area is 140 Å². The molecule has 0 saturated carbocycles. The lowest BCUT2D eigenvalue weighted by Gasteiger charge is -2.07. The van der Waals surface area contributed by atoms with E-state index < -0.39 is 30.0 Å². The Bertz CT molecular complexity index is 743. The number of rotatable bonds is 5. The summed E-state index contributed by atoms with van der Waals surface area (Å²) in [6.45, 7) is -0.591. The number of hydrogen-bond acceptors (Lipinski definition) is 3. The second-order valence-corrected chi connectivity index (χ2v) is 5.40. The summed E-state index contributed by atoms with van der Waals surface area (Å²) < 4.78 is 30.7. The van der Waals surface area contributed by atoms with E-state index in [0.29, 0.717) is 15.6 Å². The van der Waals surface area contributed by atoms with Crippen LogP contribution in [-0.4, -0.2) is 18.4 Å². The Hall–Kier alpha value is -1.98. The third-order valence-electron chi connectivity index (χ3n) is 2.99. The minimum absolute atomic E-state index is 0.0903. The SMILES string of the molecule is O=C(Cc1c(Cl)cccc1Cl)OCC(=O)c1ccc(F)c(F)c1. The Balaban J connectivity index is 1.96. The van der Waals surface area contributed by atoms with Crippen molar-refractivity contribution in [3.63, 3.8) is 0 Å². The van der Waals surface area contributed by atoms with Gasteiger partial charge in [-0.3, -0.25) is 9.59 Å². The van der Waals surface area contributed by atoms with Crippen LogP contribution in [0.15, 0.2) is 36.4 Å². The summed E-state index contributed by atoms with van der Waals surface area (Å²) in [6, 6.07) is 7.46. The van der Waals surface area contributed by atoms with Crippen LogP contribution in [0.1, 0.15) is 15.9 Å². The maximum Gasteiger partial charge on any atom is 0.310 e. The molecule has 0 saturated heterocycles. The number of ether oxygens (including phenoxy) is 1. The molecule has 23 heavy (non-hydrogen) atoms. The molecule has 0 radical (unpaired) electrons. The molecule has 3 nitrogen and oxygen atoms in total. The predicted molar refractivity (Wildman–Crippen MR) is 81.8 cm³/mol. The highest BCUT2D eigenvalue weighted by molar-refractivity contribution is 6.36. The molecule has 2 rings (SSSR count). The van der Waals surface area contributed by atoms with E-state index in [2.05, 4.69) is 0 Å². The first-order valence-corrected chi connectivity index (χ1v) is 7.21. The molecule has 0 spiro atoms. The van der Waals surface area contributed by atoms with E-state index in [0.717, 1.165) is 18.2 Å². The van der Waals surface area contributed by atoms with Crippen LogP contribution in [0.25, 0.3) is 0 Å². The van der Waals surface area contributed by atoms with Gasteiger partial charge in [-0.15, -0.1) is 0 Å². The lowest BCUT2D eigenvalue weighted by molar-refractivity contribution is -0.141. The summed E-state index contributed by atoms with van der Waals surface area (Å²) in [5.41, 5.74) is 0.300. The second-order valence-electron chi connectivity index (χ2n) is 4.59. The molecule has 0 aliphatic carbocycles. The fourth-order valence-electron chi connectivity index (χ4n) is 1.80. The average Bonchev–Trinajstić information content (AvgIpc) is 2.51. The molecule has 0 unspecified atom stereocenters. The fourth-order valence-corrected chi connectivity index (χ4v) is 2.33. The standard InChI is InChI=1S/C16H10Cl2F2O3/c17-11-2-1-3-12(18)10(11)7-16(22)23-8-15(21)9-4-5-13(19)14(20)6-9/h1-6H,7-8H2. The van der Waals surface area contributed by atoms with Gasteiger partial charge in [0, 0.05) is 21.2 Å². The van der Waals surface area contributed by atoms with Crippen LogP contribution in [0.3, 0.4) is 0 Å². The van der Waals surface area contributed by atoms with Gasteiger partial charge in [0.2, 0.25) is 0 Å². The predicted octanol–water partition coefficient (Wildman–Crippen LogP) is 4.24. The molecule has 0 aromatic heterocycles. The van der Waals surface area contributed by atoms with Crippen LogP contribution < -0.4 is 0 Å². The van der Waals surface area contributed by atoms with Gasteiger partial charge in [-0.1, -0.05) is 29.3 Å². The smallest absolute Gasteiger partial charge is 0.310 e. The maximum atomic E-state index is 13.1. The molecule has 0 heterocycles. The van der Waals surface area contributed by atoms with Crippen LogP contribution in [0.2, 0.25) is 10.0 Å². The summed E-state index contributed by atoms with van der Waals surface area (Å²) >= 11 is 11.9. The van der Waals surface area contributed by atoms with Crippen LogP contribution in [0.5, 0.6) is 0 Å². The summed E-state index contributed by atoms with van der Waals surface area (Å²) in [6.07, 6.45) is -0.205. The van der Waals surface area contributed by atoms with Crippen molar-refractivity contribution in [3.05, 3.63) is 69.2 Å². The Kier molecular flexibility index (Phi) is 5.69. The number of halogens is 4. The Morgan fingerprint density at radius 3 is 2.26 bits per heavy atom. The molecule has 120 valence electrons. The number of carbonyl (C=O) groups excluding carboxylic acids is 2. The molecule has 2 aromatic rings. The van der Waals surface area contributed by atoms with Gasteiger partial charge in [0.25, 0.3) is 0 Å². The van der Waals surface area contributed by atoms with Crippen molar-refractivity contribution < 1.29 is 23.1 Å². The van der Waals surface area contributed by atoms with Gasteiger partial charge in [-0.05, 0) is 30.3 Å². The topological polar surface area (TPSA) is 43.4 Å². The molecule has 0 aliphatic heterocycles. The molecule has 2 aromatic carbocycles. The zero-order valence-electron chi connectivity index (χ0n) is 11.6. The highest BCUT2D eigenvalue weighted by Gasteiger charge is 2.15. The fraction of sp³-hybridized carbons (Fsp3) is 0.125. The summed E-state index contributed by atoms with van der Waals surface area (Å²) in [7, 11) is 0. The number of hydrogen-bond donors (Lipinski definition) is 0.